The van der Waals surface area contributed by atoms with Crippen LogP contribution in [-0.2, 0) is 4.79 Å². The van der Waals surface area contributed by atoms with Crippen molar-refractivity contribution in [3.63, 3.8) is 0 Å². The van der Waals surface area contributed by atoms with E-state index in [1.807, 2.05) is 6.92 Å². The number of rotatable bonds is 6. The third-order valence-electron chi connectivity index (χ3n) is 3.34. The summed E-state index contributed by atoms with van der Waals surface area (Å²) < 4.78 is 0. The van der Waals surface area contributed by atoms with E-state index in [1.165, 1.54) is 12.8 Å². The van der Waals surface area contributed by atoms with Crippen molar-refractivity contribution in [2.24, 2.45) is 5.73 Å². The van der Waals surface area contributed by atoms with Crippen LogP contribution in [-0.4, -0.2) is 42.5 Å². The van der Waals surface area contributed by atoms with Gasteiger partial charge in [0.05, 0.1) is 6.04 Å². The summed E-state index contributed by atoms with van der Waals surface area (Å²) in [5.74, 6) is -0.179. The van der Waals surface area contributed by atoms with Gasteiger partial charge in [0.1, 0.15) is 0 Å². The van der Waals surface area contributed by atoms with E-state index in [1.54, 1.807) is 0 Å². The number of nitrogens with zero attached hydrogens (tertiary/aromatic N) is 1. The van der Waals surface area contributed by atoms with Gasteiger partial charge in [-0.05, 0) is 38.8 Å². The molecular weight excluding hydrogens is 202 g/mol. The zero-order valence-corrected chi connectivity index (χ0v) is 10.5. The van der Waals surface area contributed by atoms with Crippen LogP contribution in [0.4, 0.5) is 0 Å². The lowest BCUT2D eigenvalue weighted by atomic mass is 10.0. The Bertz CT molecular complexity index is 214. The number of carbonyl (C=O) groups is 1. The van der Waals surface area contributed by atoms with Gasteiger partial charge in [0.2, 0.25) is 5.91 Å². The zero-order valence-electron chi connectivity index (χ0n) is 10.5. The van der Waals surface area contributed by atoms with Gasteiger partial charge in [0.15, 0.2) is 0 Å². The number of hydrogen-bond acceptors (Lipinski definition) is 3. The van der Waals surface area contributed by atoms with Gasteiger partial charge in [-0.25, -0.2) is 0 Å². The Kier molecular flexibility index (Phi) is 5.77. The third-order valence-corrected chi connectivity index (χ3v) is 3.34. The quantitative estimate of drug-likeness (QED) is 0.703. The second-order valence-electron chi connectivity index (χ2n) is 4.56. The monoisotopic (exact) mass is 227 g/mol. The van der Waals surface area contributed by atoms with Gasteiger partial charge in [-0.15, -0.1) is 0 Å². The molecule has 1 aliphatic rings. The van der Waals surface area contributed by atoms with Crippen molar-refractivity contribution in [1.82, 2.24) is 10.2 Å². The Morgan fingerprint density at radius 2 is 2.31 bits per heavy atom. The topological polar surface area (TPSA) is 58.4 Å². The normalized spacial score (nSPS) is 23.3. The molecule has 94 valence electrons. The van der Waals surface area contributed by atoms with Crippen LogP contribution in [0.3, 0.4) is 0 Å². The first-order valence-electron chi connectivity index (χ1n) is 6.46. The molecule has 3 N–H and O–H groups in total. The number of nitrogens with two attached hydrogens (primary N) is 1. The standard InChI is InChI=1S/C12H25N3O/c1-3-8-15(11(4-2)12(13)16)10-6-5-7-14-9-10/h10-11,14H,3-9H2,1-2H3,(H2,13,16). The number of amides is 1. The van der Waals surface area contributed by atoms with E-state index in [2.05, 4.69) is 17.1 Å². The highest BCUT2D eigenvalue weighted by Crippen LogP contribution is 2.16. The largest absolute Gasteiger partial charge is 0.368 e. The molecule has 4 nitrogen and oxygen atoms in total. The lowest BCUT2D eigenvalue weighted by Gasteiger charge is -2.38. The number of piperidine rings is 1. The first kappa shape index (κ1) is 13.5. The van der Waals surface area contributed by atoms with E-state index in [0.29, 0.717) is 6.04 Å². The fraction of sp³-hybridized carbons (Fsp3) is 0.917. The Morgan fingerprint density at radius 3 is 2.75 bits per heavy atom. The highest BCUT2D eigenvalue weighted by molar-refractivity contribution is 5.79. The molecule has 2 atom stereocenters. The van der Waals surface area contributed by atoms with Crippen LogP contribution in [0.15, 0.2) is 0 Å². The fourth-order valence-electron chi connectivity index (χ4n) is 2.57. The van der Waals surface area contributed by atoms with Gasteiger partial charge in [-0.2, -0.15) is 0 Å². The van der Waals surface area contributed by atoms with Gasteiger partial charge in [-0.3, -0.25) is 9.69 Å². The molecule has 1 amide bonds. The van der Waals surface area contributed by atoms with Crippen molar-refractivity contribution in [2.45, 2.75) is 51.6 Å². The van der Waals surface area contributed by atoms with E-state index in [-0.39, 0.29) is 11.9 Å². The molecule has 1 heterocycles. The SMILES string of the molecule is CCCN(C1CCCNC1)C(CC)C(N)=O. The van der Waals surface area contributed by atoms with Crippen LogP contribution in [0, 0.1) is 0 Å². The lowest BCUT2D eigenvalue weighted by molar-refractivity contribution is -0.124. The predicted octanol–water partition coefficient (Wildman–Crippen LogP) is 0.714. The summed E-state index contributed by atoms with van der Waals surface area (Å²) in [6.45, 7) is 7.24. The number of primary amides is 1. The molecule has 2 unspecified atom stereocenters. The average Bonchev–Trinajstić information content (AvgIpc) is 2.29. The van der Waals surface area contributed by atoms with Gasteiger partial charge < -0.3 is 11.1 Å². The Balaban J connectivity index is 2.66. The highest BCUT2D eigenvalue weighted by atomic mass is 16.1. The van der Waals surface area contributed by atoms with Gasteiger partial charge in [-0.1, -0.05) is 13.8 Å². The second kappa shape index (κ2) is 6.86. The molecule has 0 saturated carbocycles. The molecule has 0 aromatic heterocycles. The summed E-state index contributed by atoms with van der Waals surface area (Å²) in [7, 11) is 0. The minimum absolute atomic E-state index is 0.0927. The lowest BCUT2D eigenvalue weighted by Crippen LogP contribution is -2.54. The number of hydrogen-bond donors (Lipinski definition) is 2. The molecule has 0 aromatic rings. The van der Waals surface area contributed by atoms with Crippen LogP contribution in [0.5, 0.6) is 0 Å². The van der Waals surface area contributed by atoms with Gasteiger partial charge >= 0.3 is 0 Å². The summed E-state index contributed by atoms with van der Waals surface area (Å²) in [5.41, 5.74) is 5.48. The minimum Gasteiger partial charge on any atom is -0.368 e. The molecule has 4 heteroatoms. The van der Waals surface area contributed by atoms with Crippen molar-refractivity contribution in [2.75, 3.05) is 19.6 Å². The smallest absolute Gasteiger partial charge is 0.234 e. The Labute approximate surface area is 98.6 Å². The molecule has 1 aliphatic heterocycles. The van der Waals surface area contributed by atoms with Crippen molar-refractivity contribution < 1.29 is 4.79 Å². The minimum atomic E-state index is -0.179. The molecule has 0 radical (unpaired) electrons. The van der Waals surface area contributed by atoms with Crippen molar-refractivity contribution in [3.05, 3.63) is 0 Å². The van der Waals surface area contributed by atoms with E-state index in [9.17, 15) is 4.79 Å². The van der Waals surface area contributed by atoms with Crippen LogP contribution >= 0.6 is 0 Å². The van der Waals surface area contributed by atoms with Crippen LogP contribution < -0.4 is 11.1 Å². The van der Waals surface area contributed by atoms with Crippen molar-refractivity contribution >= 4 is 5.91 Å². The summed E-state index contributed by atoms with van der Waals surface area (Å²) in [6.07, 6.45) is 4.25. The molecule has 16 heavy (non-hydrogen) atoms. The summed E-state index contributed by atoms with van der Waals surface area (Å²) in [6, 6.07) is 0.385. The Hall–Kier alpha value is -0.610. The maximum absolute atomic E-state index is 11.4. The first-order chi connectivity index (χ1) is 7.70. The third kappa shape index (κ3) is 3.46. The van der Waals surface area contributed by atoms with Crippen LogP contribution in [0.25, 0.3) is 0 Å². The first-order valence-corrected chi connectivity index (χ1v) is 6.46. The van der Waals surface area contributed by atoms with E-state index in [4.69, 9.17) is 5.73 Å². The van der Waals surface area contributed by atoms with Crippen LogP contribution in [0.1, 0.15) is 39.5 Å². The van der Waals surface area contributed by atoms with E-state index in [0.717, 1.165) is 32.5 Å². The second-order valence-corrected chi connectivity index (χ2v) is 4.56. The number of carbonyl (C=O) groups excluding carboxylic acids is 1. The van der Waals surface area contributed by atoms with Gasteiger partial charge in [0.25, 0.3) is 0 Å². The number of nitrogens with one attached hydrogen (secondary N) is 1. The molecule has 1 saturated heterocycles. The van der Waals surface area contributed by atoms with Crippen LogP contribution in [0.2, 0.25) is 0 Å². The summed E-state index contributed by atoms with van der Waals surface area (Å²) >= 11 is 0. The molecular formula is C12H25N3O. The average molecular weight is 227 g/mol. The molecule has 1 rings (SSSR count). The van der Waals surface area contributed by atoms with E-state index >= 15 is 0 Å². The maximum Gasteiger partial charge on any atom is 0.234 e. The highest BCUT2D eigenvalue weighted by Gasteiger charge is 2.28. The molecule has 0 spiro atoms. The molecule has 1 fully saturated rings. The Morgan fingerprint density at radius 1 is 1.56 bits per heavy atom. The fourth-order valence-corrected chi connectivity index (χ4v) is 2.57. The zero-order chi connectivity index (χ0) is 12.0. The summed E-state index contributed by atoms with van der Waals surface area (Å²) in [4.78, 5) is 13.7. The van der Waals surface area contributed by atoms with Crippen molar-refractivity contribution in [1.29, 1.82) is 0 Å². The predicted molar refractivity (Wildman–Crippen MR) is 66.2 cm³/mol. The molecule has 0 aromatic carbocycles. The van der Waals surface area contributed by atoms with Gasteiger partial charge in [0, 0.05) is 12.6 Å². The molecule has 0 bridgehead atoms. The van der Waals surface area contributed by atoms with Crippen molar-refractivity contribution in [3.8, 4) is 0 Å². The van der Waals surface area contributed by atoms with E-state index < -0.39 is 0 Å². The summed E-state index contributed by atoms with van der Waals surface area (Å²) in [5, 5.41) is 3.40. The maximum atomic E-state index is 11.4. The molecule has 0 aliphatic carbocycles.